The van der Waals surface area contributed by atoms with Gasteiger partial charge in [0.1, 0.15) is 11.5 Å². The summed E-state index contributed by atoms with van der Waals surface area (Å²) in [5, 5.41) is 1.39. The summed E-state index contributed by atoms with van der Waals surface area (Å²) in [5.74, 6) is 0.290. The van der Waals surface area contributed by atoms with Crippen molar-refractivity contribution >= 4 is 22.3 Å². The van der Waals surface area contributed by atoms with Gasteiger partial charge in [0, 0.05) is 10.8 Å². The zero-order valence-electron chi connectivity index (χ0n) is 16.9. The van der Waals surface area contributed by atoms with Crippen molar-refractivity contribution in [1.82, 2.24) is 9.88 Å². The van der Waals surface area contributed by atoms with Crippen molar-refractivity contribution in [2.24, 2.45) is 0 Å². The fourth-order valence-electron chi connectivity index (χ4n) is 3.71. The molecule has 6 heteroatoms. The molecule has 4 rings (SSSR count). The molecule has 0 radical (unpaired) electrons. The Hall–Kier alpha value is -2.99. The van der Waals surface area contributed by atoms with Crippen LogP contribution >= 0.6 is 0 Å². The number of rotatable bonds is 7. The summed E-state index contributed by atoms with van der Waals surface area (Å²) in [6.45, 7) is 3.35. The molecule has 0 bridgehead atoms. The van der Waals surface area contributed by atoms with E-state index in [0.717, 1.165) is 31.2 Å². The molecule has 0 amide bonds. The molecule has 0 fully saturated rings. The SMILES string of the molecule is Cc1cc2c(o1)-c1nc(OCCCCCN(C)C)c3ccccc3c1C(=O)C2=O. The van der Waals surface area contributed by atoms with Crippen molar-refractivity contribution < 1.29 is 18.7 Å². The van der Waals surface area contributed by atoms with Gasteiger partial charge in [0.15, 0.2) is 5.76 Å². The van der Waals surface area contributed by atoms with Gasteiger partial charge in [-0.25, -0.2) is 4.98 Å². The van der Waals surface area contributed by atoms with E-state index in [2.05, 4.69) is 24.0 Å². The minimum absolute atomic E-state index is 0.275. The Bertz CT molecular complexity index is 1100. The molecular weight excluding hydrogens is 368 g/mol. The quantitative estimate of drug-likeness (QED) is 0.441. The maximum atomic E-state index is 12.8. The van der Waals surface area contributed by atoms with Gasteiger partial charge in [0.05, 0.1) is 17.7 Å². The van der Waals surface area contributed by atoms with Crippen molar-refractivity contribution in [1.29, 1.82) is 0 Å². The maximum Gasteiger partial charge on any atom is 0.237 e. The zero-order chi connectivity index (χ0) is 20.5. The second-order valence-corrected chi connectivity index (χ2v) is 7.66. The number of hydrogen-bond donors (Lipinski definition) is 0. The fourth-order valence-corrected chi connectivity index (χ4v) is 3.71. The van der Waals surface area contributed by atoms with Gasteiger partial charge in [0.25, 0.3) is 0 Å². The van der Waals surface area contributed by atoms with E-state index in [0.29, 0.717) is 40.7 Å². The summed E-state index contributed by atoms with van der Waals surface area (Å²) in [6, 6.07) is 9.00. The van der Waals surface area contributed by atoms with E-state index in [1.165, 1.54) is 0 Å². The standard InChI is InChI=1S/C23H24N2O4/c1-14-13-17-20(26)21(27)18-15-9-5-6-10-16(15)23(24-19(18)22(17)29-14)28-12-8-4-7-11-25(2)3/h5-6,9-10,13H,4,7-8,11-12H2,1-3H3. The number of ketones is 2. The van der Waals surface area contributed by atoms with E-state index < -0.39 is 11.6 Å². The zero-order valence-corrected chi connectivity index (χ0v) is 16.9. The minimum Gasteiger partial charge on any atom is -0.477 e. The average molecular weight is 392 g/mol. The highest BCUT2D eigenvalue weighted by molar-refractivity contribution is 6.54. The normalized spacial score (nSPS) is 13.1. The smallest absolute Gasteiger partial charge is 0.237 e. The van der Waals surface area contributed by atoms with E-state index in [1.807, 2.05) is 24.3 Å². The van der Waals surface area contributed by atoms with Crippen LogP contribution in [0.25, 0.3) is 22.2 Å². The molecule has 1 aliphatic carbocycles. The first-order chi connectivity index (χ1) is 14.0. The number of unbranched alkanes of at least 4 members (excludes halogenated alkanes) is 2. The monoisotopic (exact) mass is 392 g/mol. The highest BCUT2D eigenvalue weighted by atomic mass is 16.5. The van der Waals surface area contributed by atoms with Crippen molar-refractivity contribution in [3.8, 4) is 17.3 Å². The number of benzene rings is 1. The third-order valence-electron chi connectivity index (χ3n) is 5.11. The molecule has 1 aliphatic rings. The van der Waals surface area contributed by atoms with Crippen molar-refractivity contribution in [2.45, 2.75) is 26.2 Å². The summed E-state index contributed by atoms with van der Waals surface area (Å²) in [6.07, 6.45) is 3.10. The Balaban J connectivity index is 1.69. The summed E-state index contributed by atoms with van der Waals surface area (Å²) >= 11 is 0. The van der Waals surface area contributed by atoms with Crippen molar-refractivity contribution in [3.05, 3.63) is 47.2 Å². The van der Waals surface area contributed by atoms with Crippen LogP contribution in [-0.2, 0) is 0 Å². The molecule has 2 aromatic heterocycles. The van der Waals surface area contributed by atoms with Gasteiger partial charge in [-0.15, -0.1) is 0 Å². The third kappa shape index (κ3) is 3.56. The lowest BCUT2D eigenvalue weighted by molar-refractivity contribution is 0.0815. The first-order valence-electron chi connectivity index (χ1n) is 9.87. The maximum absolute atomic E-state index is 12.8. The van der Waals surface area contributed by atoms with Gasteiger partial charge in [0.2, 0.25) is 17.4 Å². The highest BCUT2D eigenvalue weighted by Gasteiger charge is 2.37. The van der Waals surface area contributed by atoms with Crippen molar-refractivity contribution in [2.75, 3.05) is 27.2 Å². The van der Waals surface area contributed by atoms with Crippen LogP contribution in [0.2, 0.25) is 0 Å². The van der Waals surface area contributed by atoms with Gasteiger partial charge >= 0.3 is 0 Å². The molecular formula is C23H24N2O4. The van der Waals surface area contributed by atoms with Gasteiger partial charge in [-0.2, -0.15) is 0 Å². The highest BCUT2D eigenvalue weighted by Crippen LogP contribution is 2.40. The number of furan rings is 1. The molecule has 0 aliphatic heterocycles. The lowest BCUT2D eigenvalue weighted by atomic mass is 9.89. The van der Waals surface area contributed by atoms with E-state index in [9.17, 15) is 9.59 Å². The van der Waals surface area contributed by atoms with Gasteiger partial charge in [-0.1, -0.05) is 18.2 Å². The van der Waals surface area contributed by atoms with Crippen LogP contribution < -0.4 is 4.74 Å². The second kappa shape index (κ2) is 7.79. The van der Waals surface area contributed by atoms with Crippen LogP contribution in [0.4, 0.5) is 0 Å². The molecule has 2 heterocycles. The number of carbonyl (C=O) groups excluding carboxylic acids is 2. The van der Waals surface area contributed by atoms with Gasteiger partial charge in [-0.3, -0.25) is 9.59 Å². The Morgan fingerprint density at radius 2 is 1.79 bits per heavy atom. The summed E-state index contributed by atoms with van der Waals surface area (Å²) in [5.41, 5.74) is 0.960. The summed E-state index contributed by atoms with van der Waals surface area (Å²) in [4.78, 5) is 32.2. The molecule has 3 aromatic rings. The topological polar surface area (TPSA) is 72.6 Å². The van der Waals surface area contributed by atoms with Gasteiger partial charge in [-0.05, 0) is 59.0 Å². The van der Waals surface area contributed by atoms with Crippen LogP contribution in [0.1, 0.15) is 45.7 Å². The number of carbonyl (C=O) groups is 2. The number of aryl methyl sites for hydroxylation is 1. The number of nitrogens with zero attached hydrogens (tertiary/aromatic N) is 2. The molecule has 0 N–H and O–H groups in total. The lowest BCUT2D eigenvalue weighted by Crippen LogP contribution is -2.21. The number of ether oxygens (including phenoxy) is 1. The Morgan fingerprint density at radius 1 is 1.03 bits per heavy atom. The summed E-state index contributed by atoms with van der Waals surface area (Å²) in [7, 11) is 4.13. The van der Waals surface area contributed by atoms with Crippen LogP contribution in [0.15, 0.2) is 34.7 Å². The molecule has 29 heavy (non-hydrogen) atoms. The van der Waals surface area contributed by atoms with Gasteiger partial charge < -0.3 is 14.1 Å². The molecule has 0 unspecified atom stereocenters. The molecule has 6 nitrogen and oxygen atoms in total. The number of hydrogen-bond acceptors (Lipinski definition) is 6. The van der Waals surface area contributed by atoms with E-state index in [-0.39, 0.29) is 5.56 Å². The molecule has 150 valence electrons. The largest absolute Gasteiger partial charge is 0.477 e. The number of pyridine rings is 1. The van der Waals surface area contributed by atoms with Crippen LogP contribution in [0.5, 0.6) is 5.88 Å². The van der Waals surface area contributed by atoms with Crippen LogP contribution in [0.3, 0.4) is 0 Å². The minimum atomic E-state index is -0.550. The van der Waals surface area contributed by atoms with Crippen LogP contribution in [-0.4, -0.2) is 48.7 Å². The number of aromatic nitrogens is 1. The Kier molecular flexibility index (Phi) is 5.20. The second-order valence-electron chi connectivity index (χ2n) is 7.66. The number of Topliss-reactive ketones (excluding diaryl/α,β-unsaturated/α-hetero) is 2. The first kappa shape index (κ1) is 19.3. The molecule has 0 saturated heterocycles. The average Bonchev–Trinajstić information content (AvgIpc) is 3.10. The van der Waals surface area contributed by atoms with E-state index >= 15 is 0 Å². The summed E-state index contributed by atoms with van der Waals surface area (Å²) < 4.78 is 11.8. The Labute approximate surface area is 169 Å². The molecule has 0 atom stereocenters. The molecule has 0 spiro atoms. The number of fused-ring (bicyclic) bond motifs is 5. The van der Waals surface area contributed by atoms with Crippen molar-refractivity contribution in [3.63, 3.8) is 0 Å². The van der Waals surface area contributed by atoms with E-state index in [4.69, 9.17) is 9.15 Å². The molecule has 0 saturated carbocycles. The fraction of sp³-hybridized carbons (Fsp3) is 0.348. The molecule has 1 aromatic carbocycles. The Morgan fingerprint density at radius 3 is 2.55 bits per heavy atom. The lowest BCUT2D eigenvalue weighted by Gasteiger charge is -2.17. The van der Waals surface area contributed by atoms with E-state index in [1.54, 1.807) is 13.0 Å². The predicted octanol–water partition coefficient (Wildman–Crippen LogP) is 4.29. The predicted molar refractivity (Wildman–Crippen MR) is 111 cm³/mol. The first-order valence-corrected chi connectivity index (χ1v) is 9.87. The van der Waals surface area contributed by atoms with Crippen LogP contribution in [0, 0.1) is 6.92 Å². The third-order valence-corrected chi connectivity index (χ3v) is 5.11.